The lowest BCUT2D eigenvalue weighted by Crippen LogP contribution is -2.51. The molecule has 1 N–H and O–H groups in total. The van der Waals surface area contributed by atoms with Gasteiger partial charge in [0.25, 0.3) is 11.5 Å². The van der Waals surface area contributed by atoms with Crippen LogP contribution in [0, 0.1) is 6.92 Å². The molecule has 2 heterocycles. The van der Waals surface area contributed by atoms with Gasteiger partial charge in [-0.2, -0.15) is 0 Å². The van der Waals surface area contributed by atoms with Crippen LogP contribution in [0.15, 0.2) is 59.7 Å². The summed E-state index contributed by atoms with van der Waals surface area (Å²) in [6, 6.07) is 13.6. The molecule has 0 bridgehead atoms. The summed E-state index contributed by atoms with van der Waals surface area (Å²) in [5.41, 5.74) is 1.91. The normalized spacial score (nSPS) is 15.6. The standard InChI is InChI=1S/C20H19N3O2/c1-14-8-9-17-21-12-16(19(25)23(17)13-14)18(24)22-20(10-5-11-20)15-6-3-2-4-7-15/h2-4,6-9,12-13H,5,10-11H2,1H3,(H,22,24). The highest BCUT2D eigenvalue weighted by molar-refractivity contribution is 5.94. The number of carbonyl (C=O) groups excluding carboxylic acids is 1. The number of aryl methyl sites for hydroxylation is 1. The minimum Gasteiger partial charge on any atom is -0.342 e. The number of nitrogens with one attached hydrogen (secondary N) is 1. The number of hydrogen-bond acceptors (Lipinski definition) is 3. The monoisotopic (exact) mass is 333 g/mol. The van der Waals surface area contributed by atoms with Crippen LogP contribution in [-0.4, -0.2) is 15.3 Å². The molecule has 25 heavy (non-hydrogen) atoms. The molecule has 3 aromatic rings. The Bertz CT molecular complexity index is 1000. The Labute approximate surface area is 145 Å². The van der Waals surface area contributed by atoms with Gasteiger partial charge in [-0.25, -0.2) is 4.98 Å². The van der Waals surface area contributed by atoms with E-state index in [9.17, 15) is 9.59 Å². The fourth-order valence-corrected chi connectivity index (χ4v) is 3.40. The second-order valence-corrected chi connectivity index (χ2v) is 6.67. The molecule has 0 saturated heterocycles. The third-order valence-corrected chi connectivity index (χ3v) is 4.98. The van der Waals surface area contributed by atoms with Gasteiger partial charge in [0.15, 0.2) is 0 Å². The van der Waals surface area contributed by atoms with Crippen LogP contribution in [0.3, 0.4) is 0 Å². The van der Waals surface area contributed by atoms with Gasteiger partial charge in [0, 0.05) is 12.4 Å². The van der Waals surface area contributed by atoms with E-state index in [0.29, 0.717) is 5.65 Å². The number of benzene rings is 1. The maximum atomic E-state index is 12.8. The summed E-state index contributed by atoms with van der Waals surface area (Å²) in [6.45, 7) is 1.90. The molecule has 2 aromatic heterocycles. The Morgan fingerprint density at radius 2 is 1.92 bits per heavy atom. The molecule has 4 rings (SSSR count). The van der Waals surface area contributed by atoms with Crippen molar-refractivity contribution in [1.29, 1.82) is 0 Å². The summed E-state index contributed by atoms with van der Waals surface area (Å²) in [6.07, 6.45) is 5.90. The molecule has 5 heteroatoms. The molecule has 1 saturated carbocycles. The van der Waals surface area contributed by atoms with Crippen LogP contribution >= 0.6 is 0 Å². The smallest absolute Gasteiger partial charge is 0.270 e. The third-order valence-electron chi connectivity index (χ3n) is 4.98. The van der Waals surface area contributed by atoms with Gasteiger partial charge in [0.1, 0.15) is 11.2 Å². The number of hydrogen-bond donors (Lipinski definition) is 1. The summed E-state index contributed by atoms with van der Waals surface area (Å²) in [4.78, 5) is 29.8. The first-order valence-electron chi connectivity index (χ1n) is 8.45. The van der Waals surface area contributed by atoms with Crippen molar-refractivity contribution in [2.75, 3.05) is 0 Å². The maximum Gasteiger partial charge on any atom is 0.270 e. The highest BCUT2D eigenvalue weighted by Crippen LogP contribution is 2.41. The number of rotatable bonds is 3. The van der Waals surface area contributed by atoms with Gasteiger partial charge in [0.05, 0.1) is 5.54 Å². The van der Waals surface area contributed by atoms with Crippen LogP contribution in [0.5, 0.6) is 0 Å². The topological polar surface area (TPSA) is 63.5 Å². The van der Waals surface area contributed by atoms with E-state index in [2.05, 4.69) is 10.3 Å². The van der Waals surface area contributed by atoms with Gasteiger partial charge in [-0.05, 0) is 43.4 Å². The van der Waals surface area contributed by atoms with Gasteiger partial charge in [0.2, 0.25) is 0 Å². The van der Waals surface area contributed by atoms with E-state index < -0.39 is 0 Å². The van der Waals surface area contributed by atoms with Crippen molar-refractivity contribution in [3.8, 4) is 0 Å². The predicted molar refractivity (Wildman–Crippen MR) is 95.6 cm³/mol. The molecule has 1 amide bonds. The molecule has 0 aliphatic heterocycles. The number of aromatic nitrogens is 2. The fourth-order valence-electron chi connectivity index (χ4n) is 3.40. The molecule has 1 aliphatic carbocycles. The molecule has 1 aromatic carbocycles. The van der Waals surface area contributed by atoms with Crippen molar-refractivity contribution in [3.05, 3.63) is 81.9 Å². The summed E-state index contributed by atoms with van der Waals surface area (Å²) in [7, 11) is 0. The van der Waals surface area contributed by atoms with E-state index in [4.69, 9.17) is 0 Å². The zero-order chi connectivity index (χ0) is 17.4. The molecule has 1 fully saturated rings. The maximum absolute atomic E-state index is 12.8. The zero-order valence-electron chi connectivity index (χ0n) is 14.0. The highest BCUT2D eigenvalue weighted by atomic mass is 16.2. The minimum atomic E-state index is -0.378. The van der Waals surface area contributed by atoms with Gasteiger partial charge in [-0.3, -0.25) is 14.0 Å². The Kier molecular flexibility index (Phi) is 3.64. The van der Waals surface area contributed by atoms with Gasteiger partial charge in [-0.1, -0.05) is 36.4 Å². The Balaban J connectivity index is 1.71. The molecule has 1 aliphatic rings. The van der Waals surface area contributed by atoms with Crippen LogP contribution in [0.2, 0.25) is 0 Å². The van der Waals surface area contributed by atoms with Crippen LogP contribution in [0.25, 0.3) is 5.65 Å². The molecule has 126 valence electrons. The lowest BCUT2D eigenvalue weighted by molar-refractivity contribution is 0.0821. The van der Waals surface area contributed by atoms with Gasteiger partial charge < -0.3 is 5.32 Å². The average Bonchev–Trinajstić information content (AvgIpc) is 2.59. The number of fused-ring (bicyclic) bond motifs is 1. The summed E-state index contributed by atoms with van der Waals surface area (Å²) in [5, 5.41) is 3.09. The van der Waals surface area contributed by atoms with Gasteiger partial charge in [-0.15, -0.1) is 0 Å². The predicted octanol–water partition coefficient (Wildman–Crippen LogP) is 2.81. The van der Waals surface area contributed by atoms with Crippen LogP contribution < -0.4 is 10.9 Å². The minimum absolute atomic E-state index is 0.0744. The number of nitrogens with zero attached hydrogens (tertiary/aromatic N) is 2. The van der Waals surface area contributed by atoms with Crippen LogP contribution in [0.4, 0.5) is 0 Å². The van der Waals surface area contributed by atoms with E-state index in [0.717, 1.165) is 30.4 Å². The van der Waals surface area contributed by atoms with E-state index in [1.807, 2.05) is 43.3 Å². The summed E-state index contributed by atoms with van der Waals surface area (Å²) >= 11 is 0. The Morgan fingerprint density at radius 3 is 2.60 bits per heavy atom. The van der Waals surface area contributed by atoms with Crippen molar-refractivity contribution in [1.82, 2.24) is 14.7 Å². The third kappa shape index (κ3) is 2.61. The fraction of sp³-hybridized carbons (Fsp3) is 0.250. The number of pyridine rings is 1. The van der Waals surface area contributed by atoms with Crippen molar-refractivity contribution in [3.63, 3.8) is 0 Å². The second kappa shape index (κ2) is 5.84. The lowest BCUT2D eigenvalue weighted by atomic mass is 9.71. The van der Waals surface area contributed by atoms with E-state index in [-0.39, 0.29) is 22.6 Å². The number of amides is 1. The first-order chi connectivity index (χ1) is 12.1. The zero-order valence-corrected chi connectivity index (χ0v) is 14.0. The Morgan fingerprint density at radius 1 is 1.16 bits per heavy atom. The molecule has 0 radical (unpaired) electrons. The molecule has 0 spiro atoms. The molecule has 0 atom stereocenters. The van der Waals surface area contributed by atoms with Crippen molar-refractivity contribution >= 4 is 11.6 Å². The first-order valence-corrected chi connectivity index (χ1v) is 8.45. The second-order valence-electron chi connectivity index (χ2n) is 6.67. The average molecular weight is 333 g/mol. The van der Waals surface area contributed by atoms with E-state index >= 15 is 0 Å². The quantitative estimate of drug-likeness (QED) is 0.802. The van der Waals surface area contributed by atoms with E-state index in [1.54, 1.807) is 12.3 Å². The molecule has 0 unspecified atom stereocenters. The Hall–Kier alpha value is -2.95. The van der Waals surface area contributed by atoms with Crippen molar-refractivity contribution in [2.24, 2.45) is 0 Å². The highest BCUT2D eigenvalue weighted by Gasteiger charge is 2.40. The van der Waals surface area contributed by atoms with Crippen LogP contribution in [0.1, 0.15) is 40.7 Å². The first kappa shape index (κ1) is 15.6. The van der Waals surface area contributed by atoms with Crippen molar-refractivity contribution in [2.45, 2.75) is 31.7 Å². The molecular weight excluding hydrogens is 314 g/mol. The van der Waals surface area contributed by atoms with Gasteiger partial charge >= 0.3 is 0 Å². The number of carbonyl (C=O) groups is 1. The largest absolute Gasteiger partial charge is 0.342 e. The lowest BCUT2D eigenvalue weighted by Gasteiger charge is -2.43. The summed E-state index contributed by atoms with van der Waals surface area (Å²) < 4.78 is 1.43. The SMILES string of the molecule is Cc1ccc2ncc(C(=O)NC3(c4ccccc4)CCC3)c(=O)n2c1. The molecule has 5 nitrogen and oxygen atoms in total. The van der Waals surface area contributed by atoms with Crippen LogP contribution in [-0.2, 0) is 5.54 Å². The molecular formula is C20H19N3O2. The van der Waals surface area contributed by atoms with E-state index in [1.165, 1.54) is 10.6 Å². The summed E-state index contributed by atoms with van der Waals surface area (Å²) in [5.74, 6) is -0.364. The van der Waals surface area contributed by atoms with Crippen molar-refractivity contribution < 1.29 is 4.79 Å².